The molecule has 0 fully saturated rings. The van der Waals surface area contributed by atoms with Crippen molar-refractivity contribution in [1.82, 2.24) is 10.6 Å². The van der Waals surface area contributed by atoms with E-state index in [0.717, 1.165) is 6.54 Å². The summed E-state index contributed by atoms with van der Waals surface area (Å²) in [5, 5.41) is 6.10. The molecule has 0 unspecified atom stereocenters. The van der Waals surface area contributed by atoms with Crippen molar-refractivity contribution < 1.29 is 4.79 Å². The molecule has 104 valence electrons. The van der Waals surface area contributed by atoms with Gasteiger partial charge in [0.25, 0.3) is 0 Å². The number of benzene rings is 1. The minimum Gasteiger partial charge on any atom is -0.359 e. The van der Waals surface area contributed by atoms with E-state index in [1.807, 2.05) is 13.8 Å². The summed E-state index contributed by atoms with van der Waals surface area (Å²) in [7, 11) is 1.69. The number of fused-ring (bicyclic) bond motifs is 1. The van der Waals surface area contributed by atoms with Crippen LogP contribution in [0.1, 0.15) is 37.0 Å². The van der Waals surface area contributed by atoms with Crippen molar-refractivity contribution in [2.75, 3.05) is 13.6 Å². The molecule has 0 bridgehead atoms. The predicted molar refractivity (Wildman–Crippen MR) is 78.0 cm³/mol. The summed E-state index contributed by atoms with van der Waals surface area (Å²) in [5.74, 6) is 0.0777. The van der Waals surface area contributed by atoms with Crippen molar-refractivity contribution >= 4 is 5.91 Å². The minimum absolute atomic E-state index is 0.0777. The average Bonchev–Trinajstić information content (AvgIpc) is 2.84. The van der Waals surface area contributed by atoms with Crippen LogP contribution in [0, 0.1) is 5.41 Å². The van der Waals surface area contributed by atoms with Crippen LogP contribution >= 0.6 is 0 Å². The van der Waals surface area contributed by atoms with Crippen molar-refractivity contribution in [2.45, 2.75) is 39.7 Å². The Balaban J connectivity index is 1.88. The van der Waals surface area contributed by atoms with Crippen LogP contribution in [0.3, 0.4) is 0 Å². The molecule has 1 aromatic carbocycles. The lowest BCUT2D eigenvalue weighted by atomic mass is 9.92. The van der Waals surface area contributed by atoms with E-state index < -0.39 is 0 Å². The van der Waals surface area contributed by atoms with Crippen LogP contribution < -0.4 is 10.6 Å². The second-order valence-corrected chi connectivity index (χ2v) is 6.02. The Morgan fingerprint density at radius 3 is 2.74 bits per heavy atom. The fourth-order valence-corrected chi connectivity index (χ4v) is 2.67. The largest absolute Gasteiger partial charge is 0.359 e. The summed E-state index contributed by atoms with van der Waals surface area (Å²) >= 11 is 0. The van der Waals surface area contributed by atoms with Crippen LogP contribution in [-0.2, 0) is 24.2 Å². The van der Waals surface area contributed by atoms with Crippen molar-refractivity contribution in [2.24, 2.45) is 5.41 Å². The maximum absolute atomic E-state index is 11.7. The van der Waals surface area contributed by atoms with E-state index in [4.69, 9.17) is 0 Å². The van der Waals surface area contributed by atoms with Crippen LogP contribution in [0.15, 0.2) is 18.2 Å². The number of hydrogen-bond donors (Lipinski definition) is 2. The molecule has 1 aliphatic rings. The first kappa shape index (κ1) is 14.1. The standard InChI is InChI=1S/C16H24N2O/c1-16(2,15(19)17-3)11-18-10-12-7-8-13-5-4-6-14(13)9-12/h7-9,18H,4-6,10-11H2,1-3H3,(H,17,19). The molecular formula is C16H24N2O. The predicted octanol–water partition coefficient (Wildman–Crippen LogP) is 2.04. The van der Waals surface area contributed by atoms with Gasteiger partial charge in [-0.05, 0) is 49.8 Å². The highest BCUT2D eigenvalue weighted by atomic mass is 16.2. The summed E-state index contributed by atoms with van der Waals surface area (Å²) in [6.07, 6.45) is 3.73. The Morgan fingerprint density at radius 2 is 2.00 bits per heavy atom. The molecule has 0 saturated heterocycles. The number of nitrogens with one attached hydrogen (secondary N) is 2. The summed E-state index contributed by atoms with van der Waals surface area (Å²) < 4.78 is 0. The van der Waals surface area contributed by atoms with Crippen LogP contribution in [0.25, 0.3) is 0 Å². The van der Waals surface area contributed by atoms with E-state index in [2.05, 4.69) is 28.8 Å². The molecule has 3 nitrogen and oxygen atoms in total. The number of amides is 1. The van der Waals surface area contributed by atoms with Gasteiger partial charge in [-0.15, -0.1) is 0 Å². The SMILES string of the molecule is CNC(=O)C(C)(C)CNCc1ccc2c(c1)CCC2. The van der Waals surface area contributed by atoms with E-state index in [1.165, 1.54) is 36.0 Å². The zero-order chi connectivity index (χ0) is 13.9. The Morgan fingerprint density at radius 1 is 1.26 bits per heavy atom. The van der Waals surface area contributed by atoms with Gasteiger partial charge < -0.3 is 10.6 Å². The first-order chi connectivity index (χ1) is 9.03. The van der Waals surface area contributed by atoms with Gasteiger partial charge in [0, 0.05) is 20.1 Å². The normalized spacial score (nSPS) is 14.3. The van der Waals surface area contributed by atoms with Gasteiger partial charge in [0.15, 0.2) is 0 Å². The molecule has 0 atom stereocenters. The van der Waals surface area contributed by atoms with Crippen molar-refractivity contribution in [3.8, 4) is 0 Å². The van der Waals surface area contributed by atoms with Gasteiger partial charge in [-0.1, -0.05) is 18.2 Å². The molecule has 0 heterocycles. The summed E-state index contributed by atoms with van der Waals surface area (Å²) in [6.45, 7) is 5.43. The molecule has 0 aliphatic heterocycles. The van der Waals surface area contributed by atoms with Gasteiger partial charge in [0.2, 0.25) is 5.91 Å². The van der Waals surface area contributed by atoms with Crippen LogP contribution in [0.2, 0.25) is 0 Å². The molecule has 0 spiro atoms. The fourth-order valence-electron chi connectivity index (χ4n) is 2.67. The lowest BCUT2D eigenvalue weighted by molar-refractivity contribution is -0.128. The second-order valence-electron chi connectivity index (χ2n) is 6.02. The summed E-state index contributed by atoms with van der Waals surface area (Å²) in [4.78, 5) is 11.7. The third-order valence-electron chi connectivity index (χ3n) is 3.90. The van der Waals surface area contributed by atoms with Crippen molar-refractivity contribution in [3.05, 3.63) is 34.9 Å². The highest BCUT2D eigenvalue weighted by molar-refractivity contribution is 5.81. The number of aryl methyl sites for hydroxylation is 2. The molecule has 0 radical (unpaired) electrons. The highest BCUT2D eigenvalue weighted by Crippen LogP contribution is 2.23. The number of carbonyl (C=O) groups excluding carboxylic acids is 1. The van der Waals surface area contributed by atoms with Crippen LogP contribution in [0.5, 0.6) is 0 Å². The Hall–Kier alpha value is -1.35. The molecule has 2 rings (SSSR count). The Bertz CT molecular complexity index is 466. The molecule has 1 aliphatic carbocycles. The molecule has 1 aromatic rings. The highest BCUT2D eigenvalue weighted by Gasteiger charge is 2.25. The van der Waals surface area contributed by atoms with E-state index in [9.17, 15) is 4.79 Å². The Kier molecular flexibility index (Phi) is 4.25. The smallest absolute Gasteiger partial charge is 0.226 e. The first-order valence-corrected chi connectivity index (χ1v) is 7.06. The van der Waals surface area contributed by atoms with Gasteiger partial charge in [0.1, 0.15) is 0 Å². The maximum Gasteiger partial charge on any atom is 0.226 e. The topological polar surface area (TPSA) is 41.1 Å². The van der Waals surface area contributed by atoms with Gasteiger partial charge in [0.05, 0.1) is 5.41 Å². The lowest BCUT2D eigenvalue weighted by Gasteiger charge is -2.23. The van der Waals surface area contributed by atoms with Gasteiger partial charge in [-0.3, -0.25) is 4.79 Å². The summed E-state index contributed by atoms with van der Waals surface area (Å²) in [6, 6.07) is 6.76. The van der Waals surface area contributed by atoms with Crippen molar-refractivity contribution in [3.63, 3.8) is 0 Å². The maximum atomic E-state index is 11.7. The van der Waals surface area contributed by atoms with E-state index in [0.29, 0.717) is 6.54 Å². The minimum atomic E-state index is -0.370. The quantitative estimate of drug-likeness (QED) is 0.850. The van der Waals surface area contributed by atoms with E-state index in [1.54, 1.807) is 7.05 Å². The lowest BCUT2D eigenvalue weighted by Crippen LogP contribution is -2.41. The van der Waals surface area contributed by atoms with Gasteiger partial charge >= 0.3 is 0 Å². The Labute approximate surface area is 115 Å². The number of rotatable bonds is 5. The van der Waals surface area contributed by atoms with Gasteiger partial charge in [-0.2, -0.15) is 0 Å². The monoisotopic (exact) mass is 260 g/mol. The van der Waals surface area contributed by atoms with E-state index in [-0.39, 0.29) is 11.3 Å². The third kappa shape index (κ3) is 3.35. The molecule has 19 heavy (non-hydrogen) atoms. The number of carbonyl (C=O) groups is 1. The second kappa shape index (κ2) is 5.74. The average molecular weight is 260 g/mol. The number of hydrogen-bond acceptors (Lipinski definition) is 2. The molecule has 0 saturated carbocycles. The molecular weight excluding hydrogens is 236 g/mol. The molecule has 2 N–H and O–H groups in total. The first-order valence-electron chi connectivity index (χ1n) is 7.06. The van der Waals surface area contributed by atoms with E-state index >= 15 is 0 Å². The van der Waals surface area contributed by atoms with Crippen LogP contribution in [-0.4, -0.2) is 19.5 Å². The van der Waals surface area contributed by atoms with Crippen LogP contribution in [0.4, 0.5) is 0 Å². The summed E-state index contributed by atoms with van der Waals surface area (Å²) in [5.41, 5.74) is 3.96. The third-order valence-corrected chi connectivity index (χ3v) is 3.90. The van der Waals surface area contributed by atoms with Gasteiger partial charge in [-0.25, -0.2) is 0 Å². The molecule has 1 amide bonds. The molecule has 3 heteroatoms. The zero-order valence-electron chi connectivity index (χ0n) is 12.2. The van der Waals surface area contributed by atoms with Crippen molar-refractivity contribution in [1.29, 1.82) is 0 Å². The molecule has 0 aromatic heterocycles. The fraction of sp³-hybridized carbons (Fsp3) is 0.562. The zero-order valence-corrected chi connectivity index (χ0v) is 12.2.